The van der Waals surface area contributed by atoms with Crippen molar-refractivity contribution in [1.82, 2.24) is 5.32 Å². The Kier molecular flexibility index (Phi) is 3.57. The number of hydrogen-bond donors (Lipinski definition) is 1. The van der Waals surface area contributed by atoms with Crippen molar-refractivity contribution in [2.24, 2.45) is 0 Å². The van der Waals surface area contributed by atoms with E-state index in [1.807, 2.05) is 24.3 Å². The fourth-order valence-corrected chi connectivity index (χ4v) is 3.25. The van der Waals surface area contributed by atoms with E-state index in [2.05, 4.69) is 5.32 Å². The van der Waals surface area contributed by atoms with E-state index >= 15 is 0 Å². The van der Waals surface area contributed by atoms with Crippen LogP contribution in [0.4, 0.5) is 0 Å². The molecule has 0 fully saturated rings. The van der Waals surface area contributed by atoms with E-state index in [0.29, 0.717) is 0 Å². The van der Waals surface area contributed by atoms with E-state index in [-0.39, 0.29) is 4.90 Å². The second-order valence-electron chi connectivity index (χ2n) is 4.31. The zero-order valence-electron chi connectivity index (χ0n) is 10.8. The molecule has 1 N–H and O–H groups in total. The van der Waals surface area contributed by atoms with E-state index in [0.717, 1.165) is 10.8 Å². The first kappa shape index (κ1) is 13.5. The van der Waals surface area contributed by atoms with Crippen LogP contribution in [-0.2, 0) is 14.6 Å². The molecule has 0 aromatic heterocycles. The van der Waals surface area contributed by atoms with Gasteiger partial charge in [-0.05, 0) is 29.8 Å². The van der Waals surface area contributed by atoms with Gasteiger partial charge in [0.2, 0.25) is 5.91 Å². The van der Waals surface area contributed by atoms with Crippen molar-refractivity contribution >= 4 is 26.5 Å². The molecular formula is C14H15NO3S. The predicted octanol–water partition coefficient (Wildman–Crippen LogP) is 1.75. The summed E-state index contributed by atoms with van der Waals surface area (Å²) in [5, 5.41) is 3.07. The summed E-state index contributed by atoms with van der Waals surface area (Å²) in [7, 11) is -2.23. The Balaban J connectivity index is 2.52. The molecule has 1 amide bonds. The minimum Gasteiger partial charge on any atom is -0.358 e. The Bertz CT molecular complexity index is 722. The van der Waals surface area contributed by atoms with Gasteiger partial charge in [-0.2, -0.15) is 0 Å². The number of amides is 1. The molecule has 0 radical (unpaired) electrons. The number of nitrogens with one attached hydrogen (secondary N) is 1. The van der Waals surface area contributed by atoms with Crippen molar-refractivity contribution in [2.75, 3.05) is 7.05 Å². The molecule has 100 valence electrons. The lowest BCUT2D eigenvalue weighted by Crippen LogP contribution is -2.35. The molecule has 1 atom stereocenters. The molecule has 0 bridgehead atoms. The van der Waals surface area contributed by atoms with Gasteiger partial charge >= 0.3 is 0 Å². The molecule has 0 spiro atoms. The van der Waals surface area contributed by atoms with Gasteiger partial charge in [0.05, 0.1) is 4.90 Å². The quantitative estimate of drug-likeness (QED) is 0.929. The van der Waals surface area contributed by atoms with Crippen LogP contribution in [0.1, 0.15) is 6.92 Å². The van der Waals surface area contributed by atoms with Crippen molar-refractivity contribution in [3.8, 4) is 0 Å². The van der Waals surface area contributed by atoms with E-state index in [1.165, 1.54) is 20.0 Å². The fourth-order valence-electron chi connectivity index (χ4n) is 1.89. The van der Waals surface area contributed by atoms with Crippen LogP contribution in [0.5, 0.6) is 0 Å². The van der Waals surface area contributed by atoms with Crippen molar-refractivity contribution < 1.29 is 13.2 Å². The van der Waals surface area contributed by atoms with E-state index in [1.54, 1.807) is 12.1 Å². The third kappa shape index (κ3) is 2.46. The highest BCUT2D eigenvalue weighted by molar-refractivity contribution is 7.92. The van der Waals surface area contributed by atoms with Crippen LogP contribution in [0.25, 0.3) is 10.8 Å². The summed E-state index contributed by atoms with van der Waals surface area (Å²) in [5.74, 6) is -0.506. The maximum atomic E-state index is 12.3. The number of carbonyl (C=O) groups is 1. The second-order valence-corrected chi connectivity index (χ2v) is 6.58. The van der Waals surface area contributed by atoms with Crippen molar-refractivity contribution in [2.45, 2.75) is 17.1 Å². The highest BCUT2D eigenvalue weighted by Gasteiger charge is 2.28. The first-order valence-corrected chi connectivity index (χ1v) is 7.46. The van der Waals surface area contributed by atoms with Crippen LogP contribution in [0.3, 0.4) is 0 Å². The normalized spacial score (nSPS) is 13.2. The molecule has 0 heterocycles. The summed E-state index contributed by atoms with van der Waals surface area (Å²) >= 11 is 0. The maximum Gasteiger partial charge on any atom is 0.238 e. The van der Waals surface area contributed by atoms with Crippen LogP contribution >= 0.6 is 0 Å². The monoisotopic (exact) mass is 277 g/mol. The van der Waals surface area contributed by atoms with Gasteiger partial charge in [-0.25, -0.2) is 8.42 Å². The summed E-state index contributed by atoms with van der Waals surface area (Å²) < 4.78 is 24.6. The Morgan fingerprint density at radius 1 is 1.11 bits per heavy atom. The maximum absolute atomic E-state index is 12.3. The molecule has 2 rings (SSSR count). The molecule has 5 heteroatoms. The SMILES string of the molecule is CNC(=O)[C@H](C)S(=O)(=O)c1ccc2ccccc2c1. The zero-order valence-corrected chi connectivity index (χ0v) is 11.6. The molecule has 19 heavy (non-hydrogen) atoms. The average Bonchev–Trinajstić information content (AvgIpc) is 2.45. The summed E-state index contributed by atoms with van der Waals surface area (Å²) in [5.41, 5.74) is 0. The fraction of sp³-hybridized carbons (Fsp3) is 0.214. The number of sulfone groups is 1. The topological polar surface area (TPSA) is 63.2 Å². The van der Waals surface area contributed by atoms with Gasteiger partial charge in [0.1, 0.15) is 5.25 Å². The highest BCUT2D eigenvalue weighted by Crippen LogP contribution is 2.22. The van der Waals surface area contributed by atoms with Crippen molar-refractivity contribution in [3.63, 3.8) is 0 Å². The first-order valence-electron chi connectivity index (χ1n) is 5.91. The summed E-state index contributed by atoms with van der Waals surface area (Å²) in [6, 6.07) is 12.4. The molecule has 0 aliphatic heterocycles. The van der Waals surface area contributed by atoms with Crippen molar-refractivity contribution in [1.29, 1.82) is 0 Å². The van der Waals surface area contributed by atoms with Crippen LogP contribution in [-0.4, -0.2) is 26.6 Å². The number of fused-ring (bicyclic) bond motifs is 1. The van der Waals surface area contributed by atoms with Crippen LogP contribution in [0, 0.1) is 0 Å². The molecule has 0 aliphatic carbocycles. The van der Waals surface area contributed by atoms with E-state index in [4.69, 9.17) is 0 Å². The lowest BCUT2D eigenvalue weighted by atomic mass is 10.1. The second kappa shape index (κ2) is 5.01. The molecule has 0 saturated heterocycles. The minimum atomic E-state index is -3.65. The standard InChI is InChI=1S/C14H15NO3S/c1-10(14(16)15-2)19(17,18)13-8-7-11-5-3-4-6-12(11)9-13/h3-10H,1-2H3,(H,15,16)/t10-/m0/s1. The van der Waals surface area contributed by atoms with Gasteiger partial charge in [-0.3, -0.25) is 4.79 Å². The van der Waals surface area contributed by atoms with Crippen LogP contribution < -0.4 is 5.32 Å². The smallest absolute Gasteiger partial charge is 0.238 e. The highest BCUT2D eigenvalue weighted by atomic mass is 32.2. The number of hydrogen-bond acceptors (Lipinski definition) is 3. The van der Waals surface area contributed by atoms with Gasteiger partial charge in [0, 0.05) is 7.05 Å². The predicted molar refractivity (Wildman–Crippen MR) is 74.7 cm³/mol. The molecule has 0 saturated carbocycles. The van der Waals surface area contributed by atoms with Crippen molar-refractivity contribution in [3.05, 3.63) is 42.5 Å². The summed E-state index contributed by atoms with van der Waals surface area (Å²) in [6.07, 6.45) is 0. The van der Waals surface area contributed by atoms with E-state index in [9.17, 15) is 13.2 Å². The Morgan fingerprint density at radius 3 is 2.37 bits per heavy atom. The Morgan fingerprint density at radius 2 is 1.74 bits per heavy atom. The van der Waals surface area contributed by atoms with Gasteiger partial charge < -0.3 is 5.32 Å². The van der Waals surface area contributed by atoms with Gasteiger partial charge in [-0.1, -0.05) is 30.3 Å². The molecule has 4 nitrogen and oxygen atoms in total. The van der Waals surface area contributed by atoms with Crippen LogP contribution in [0.2, 0.25) is 0 Å². The van der Waals surface area contributed by atoms with Gasteiger partial charge in [0.25, 0.3) is 0 Å². The Labute approximate surface area is 112 Å². The molecule has 2 aromatic carbocycles. The lowest BCUT2D eigenvalue weighted by Gasteiger charge is -2.12. The third-order valence-electron chi connectivity index (χ3n) is 3.13. The number of carbonyl (C=O) groups excluding carboxylic acids is 1. The summed E-state index contributed by atoms with van der Waals surface area (Å²) in [6.45, 7) is 1.39. The third-order valence-corrected chi connectivity index (χ3v) is 5.19. The molecule has 0 aliphatic rings. The zero-order chi connectivity index (χ0) is 14.0. The molecule has 2 aromatic rings. The Hall–Kier alpha value is -1.88. The largest absolute Gasteiger partial charge is 0.358 e. The first-order chi connectivity index (χ1) is 8.96. The molecule has 0 unspecified atom stereocenters. The molecular weight excluding hydrogens is 262 g/mol. The van der Waals surface area contributed by atoms with Crippen LogP contribution in [0.15, 0.2) is 47.4 Å². The lowest BCUT2D eigenvalue weighted by molar-refractivity contribution is -0.119. The van der Waals surface area contributed by atoms with E-state index < -0.39 is 21.0 Å². The average molecular weight is 277 g/mol. The van der Waals surface area contributed by atoms with Gasteiger partial charge in [-0.15, -0.1) is 0 Å². The number of benzene rings is 2. The number of rotatable bonds is 3. The van der Waals surface area contributed by atoms with Gasteiger partial charge in [0.15, 0.2) is 9.84 Å². The minimum absolute atomic E-state index is 0.169. The summed E-state index contributed by atoms with van der Waals surface area (Å²) in [4.78, 5) is 11.7.